The van der Waals surface area contributed by atoms with Crippen LogP contribution in [0.3, 0.4) is 0 Å². The molecule has 0 aliphatic heterocycles. The Bertz CT molecular complexity index is 300. The summed E-state index contributed by atoms with van der Waals surface area (Å²) in [6.45, 7) is 0. The standard InChI is InChI=1S/2C5H5.CH3.ClH.Zr/c2*1-2-4-5-3-1;;;/h2*1-3H,4H2;1H3;1H;/q;;;;+1/p-1. The summed E-state index contributed by atoms with van der Waals surface area (Å²) in [5.41, 5.74) is 0. The third kappa shape index (κ3) is 1.82. The third-order valence-corrected chi connectivity index (χ3v) is 13.4. The Morgan fingerprint density at radius 3 is 1.85 bits per heavy atom. The summed E-state index contributed by atoms with van der Waals surface area (Å²) in [5, 5.41) is 0. The molecule has 68 valence electrons. The van der Waals surface area contributed by atoms with Crippen LogP contribution in [0.25, 0.3) is 0 Å². The maximum atomic E-state index is 6.74. The number of hydrogen-bond donors (Lipinski definition) is 0. The molecule has 0 aromatic rings. The molecule has 2 rings (SSSR count). The van der Waals surface area contributed by atoms with E-state index in [0.29, 0.717) is 0 Å². The van der Waals surface area contributed by atoms with Gasteiger partial charge in [-0.05, 0) is 0 Å². The molecule has 0 saturated carbocycles. The second kappa shape index (κ2) is 3.71. The molecule has 2 heteroatoms. The van der Waals surface area contributed by atoms with E-state index in [1.807, 2.05) is 0 Å². The van der Waals surface area contributed by atoms with Crippen LogP contribution in [0.5, 0.6) is 0 Å². The molecule has 13 heavy (non-hydrogen) atoms. The van der Waals surface area contributed by atoms with Crippen LogP contribution in [0.15, 0.2) is 43.0 Å². The van der Waals surface area contributed by atoms with Crippen LogP contribution >= 0.6 is 8.51 Å². The number of rotatable bonds is 2. The van der Waals surface area contributed by atoms with Gasteiger partial charge in [-0.1, -0.05) is 0 Å². The molecular weight excluding hydrogens is 259 g/mol. The first kappa shape index (κ1) is 9.68. The Morgan fingerprint density at radius 2 is 1.54 bits per heavy atom. The molecule has 0 aromatic carbocycles. The molecule has 0 spiro atoms. The zero-order chi connectivity index (χ0) is 9.31. The van der Waals surface area contributed by atoms with Crippen molar-refractivity contribution in [3.05, 3.63) is 43.0 Å². The van der Waals surface area contributed by atoms with Crippen LogP contribution in [0.2, 0.25) is 4.63 Å². The molecule has 0 unspecified atom stereocenters. The average molecular weight is 272 g/mol. The van der Waals surface area contributed by atoms with Crippen LogP contribution in [-0.4, -0.2) is 0 Å². The van der Waals surface area contributed by atoms with Crippen molar-refractivity contribution in [2.45, 2.75) is 17.5 Å². The zero-order valence-electron chi connectivity index (χ0n) is 7.76. The summed E-state index contributed by atoms with van der Waals surface area (Å²) >= 11 is -2.53. The molecule has 0 heterocycles. The second-order valence-electron chi connectivity index (χ2n) is 3.65. The zero-order valence-corrected chi connectivity index (χ0v) is 11.0. The molecule has 2 aliphatic rings. The van der Waals surface area contributed by atoms with Crippen molar-refractivity contribution in [2.75, 3.05) is 0 Å². The molecule has 0 fully saturated rings. The van der Waals surface area contributed by atoms with Gasteiger partial charge in [-0.2, -0.15) is 0 Å². The monoisotopic (exact) mass is 270 g/mol. The third-order valence-electron chi connectivity index (χ3n) is 2.75. The van der Waals surface area contributed by atoms with E-state index in [2.05, 4.69) is 41.1 Å². The van der Waals surface area contributed by atoms with E-state index in [-0.39, 0.29) is 0 Å². The predicted octanol–water partition coefficient (Wildman–Crippen LogP) is 4.03. The van der Waals surface area contributed by atoms with Crippen molar-refractivity contribution in [1.82, 2.24) is 0 Å². The minimum atomic E-state index is -2.53. The van der Waals surface area contributed by atoms with Crippen molar-refractivity contribution < 1.29 is 19.1 Å². The first-order valence-electron chi connectivity index (χ1n) is 4.62. The van der Waals surface area contributed by atoms with Gasteiger partial charge in [-0.3, -0.25) is 0 Å². The van der Waals surface area contributed by atoms with Gasteiger partial charge >= 0.3 is 88.1 Å². The van der Waals surface area contributed by atoms with Crippen LogP contribution in [0.4, 0.5) is 0 Å². The van der Waals surface area contributed by atoms with E-state index in [9.17, 15) is 0 Å². The molecule has 0 atom stereocenters. The normalized spacial score (nSPS) is 20.8. The van der Waals surface area contributed by atoms with Crippen molar-refractivity contribution in [1.29, 1.82) is 0 Å². The maximum absolute atomic E-state index is 6.74. The quantitative estimate of drug-likeness (QED) is 0.711. The van der Waals surface area contributed by atoms with Crippen molar-refractivity contribution >= 4 is 8.51 Å². The first-order chi connectivity index (χ1) is 6.21. The van der Waals surface area contributed by atoms with Gasteiger partial charge in [0, 0.05) is 0 Å². The SMILES string of the molecule is [CH3][Zr]([Cl])([C]1=CC=CC1)[C]1=CC=CC1. The summed E-state index contributed by atoms with van der Waals surface area (Å²) in [7, 11) is 6.74. The number of allylic oxidation sites excluding steroid dienone is 8. The van der Waals surface area contributed by atoms with Gasteiger partial charge in [0.2, 0.25) is 0 Å². The Hall–Kier alpha value is 0.133. The number of halogens is 1. The van der Waals surface area contributed by atoms with Gasteiger partial charge in [0.15, 0.2) is 0 Å². The topological polar surface area (TPSA) is 0 Å². The molecule has 0 N–H and O–H groups in total. The van der Waals surface area contributed by atoms with Crippen molar-refractivity contribution in [3.63, 3.8) is 0 Å². The van der Waals surface area contributed by atoms with Gasteiger partial charge in [-0.25, -0.2) is 0 Å². The summed E-state index contributed by atoms with van der Waals surface area (Å²) in [5.74, 6) is 0. The van der Waals surface area contributed by atoms with E-state index >= 15 is 0 Å². The van der Waals surface area contributed by atoms with Gasteiger partial charge < -0.3 is 0 Å². The van der Waals surface area contributed by atoms with E-state index in [0.717, 1.165) is 12.8 Å². The molecule has 0 aromatic heterocycles. The Kier molecular flexibility index (Phi) is 2.76. The molecule has 2 aliphatic carbocycles. The van der Waals surface area contributed by atoms with E-state index in [1.54, 1.807) is 0 Å². The van der Waals surface area contributed by atoms with Gasteiger partial charge in [0.25, 0.3) is 0 Å². The summed E-state index contributed by atoms with van der Waals surface area (Å²) in [6.07, 6.45) is 15.3. The predicted molar refractivity (Wildman–Crippen MR) is 55.4 cm³/mol. The van der Waals surface area contributed by atoms with Gasteiger partial charge in [0.1, 0.15) is 0 Å². The van der Waals surface area contributed by atoms with Gasteiger partial charge in [0.05, 0.1) is 0 Å². The molecule has 0 radical (unpaired) electrons. The van der Waals surface area contributed by atoms with Gasteiger partial charge in [-0.15, -0.1) is 0 Å². The summed E-state index contributed by atoms with van der Waals surface area (Å²) < 4.78 is 5.34. The molecule has 0 saturated heterocycles. The Labute approximate surface area is 87.6 Å². The average Bonchev–Trinajstić information content (AvgIpc) is 2.78. The van der Waals surface area contributed by atoms with Crippen LogP contribution in [0, 0.1) is 0 Å². The molecular formula is C11H13ClZr. The van der Waals surface area contributed by atoms with Crippen LogP contribution < -0.4 is 0 Å². The summed E-state index contributed by atoms with van der Waals surface area (Å²) in [6, 6.07) is 0. The minimum absolute atomic E-state index is 1.09. The van der Waals surface area contributed by atoms with E-state index < -0.39 is 19.1 Å². The van der Waals surface area contributed by atoms with Crippen molar-refractivity contribution in [3.8, 4) is 0 Å². The number of hydrogen-bond acceptors (Lipinski definition) is 0. The fraction of sp³-hybridized carbons (Fsp3) is 0.273. The fourth-order valence-corrected chi connectivity index (χ4v) is 8.94. The summed E-state index contributed by atoms with van der Waals surface area (Å²) in [4.78, 5) is 0. The molecule has 0 bridgehead atoms. The molecule has 0 amide bonds. The van der Waals surface area contributed by atoms with Crippen LogP contribution in [-0.2, 0) is 19.1 Å². The Morgan fingerprint density at radius 1 is 1.08 bits per heavy atom. The first-order valence-corrected chi connectivity index (χ1v) is 12.7. The second-order valence-corrected chi connectivity index (χ2v) is 16.2. The fourth-order valence-electron chi connectivity index (χ4n) is 1.80. The van der Waals surface area contributed by atoms with Crippen LogP contribution in [0.1, 0.15) is 12.8 Å². The van der Waals surface area contributed by atoms with E-state index in [1.165, 1.54) is 6.56 Å². The Balaban J connectivity index is 2.20. The van der Waals surface area contributed by atoms with E-state index in [4.69, 9.17) is 8.51 Å². The van der Waals surface area contributed by atoms with Crippen molar-refractivity contribution in [2.24, 2.45) is 0 Å². The molecule has 0 nitrogen and oxygen atoms in total.